The molecule has 0 radical (unpaired) electrons. The van der Waals surface area contributed by atoms with Crippen molar-refractivity contribution >= 4 is 22.9 Å². The first-order chi connectivity index (χ1) is 7.56. The van der Waals surface area contributed by atoms with Crippen LogP contribution in [-0.4, -0.2) is 14.5 Å². The van der Waals surface area contributed by atoms with Crippen LogP contribution in [0, 0.1) is 6.92 Å². The Labute approximate surface area is 99.4 Å². The Morgan fingerprint density at radius 1 is 1.56 bits per heavy atom. The molecule has 1 N–H and O–H groups in total. The van der Waals surface area contributed by atoms with Crippen LogP contribution in [0.3, 0.4) is 0 Å². The molecular formula is C9H8ClN3O2S. The fraction of sp³-hybridized carbons (Fsp3) is 0.222. The molecule has 2 aromatic heterocycles. The van der Waals surface area contributed by atoms with Crippen LogP contribution in [0.2, 0.25) is 5.15 Å². The van der Waals surface area contributed by atoms with Crippen molar-refractivity contribution in [1.29, 1.82) is 0 Å². The van der Waals surface area contributed by atoms with Gasteiger partial charge in [-0.25, -0.2) is 9.78 Å². The quantitative estimate of drug-likeness (QED) is 0.817. The average molecular weight is 258 g/mol. The molecule has 0 fully saturated rings. The molecule has 2 aromatic rings. The normalized spacial score (nSPS) is 10.6. The van der Waals surface area contributed by atoms with Crippen LogP contribution >= 0.6 is 22.9 Å². The molecule has 0 saturated carbocycles. The highest BCUT2D eigenvalue weighted by Gasteiger charge is 2.06. The first kappa shape index (κ1) is 11.1. The van der Waals surface area contributed by atoms with Gasteiger partial charge >= 0.3 is 5.69 Å². The van der Waals surface area contributed by atoms with Gasteiger partial charge in [-0.3, -0.25) is 14.3 Å². The Hall–Kier alpha value is -1.40. The summed E-state index contributed by atoms with van der Waals surface area (Å²) in [6.45, 7) is 2.08. The Bertz CT molecular complexity index is 597. The van der Waals surface area contributed by atoms with Crippen molar-refractivity contribution in [2.45, 2.75) is 13.5 Å². The number of aromatic amines is 1. The monoisotopic (exact) mass is 257 g/mol. The number of rotatable bonds is 2. The molecule has 2 rings (SSSR count). The second-order valence-electron chi connectivity index (χ2n) is 3.19. The van der Waals surface area contributed by atoms with Crippen molar-refractivity contribution in [3.63, 3.8) is 0 Å². The van der Waals surface area contributed by atoms with Crippen LogP contribution in [0.25, 0.3) is 0 Å². The largest absolute Gasteiger partial charge is 0.329 e. The molecule has 0 spiro atoms. The second kappa shape index (κ2) is 4.23. The standard InChI is InChI=1S/C9H8ClN3O2S/c1-5-11-3-6(16-5)4-13-8(14)2-7(10)12-9(13)15/h2-3H,4H2,1H3,(H,12,15). The van der Waals surface area contributed by atoms with Gasteiger partial charge < -0.3 is 0 Å². The van der Waals surface area contributed by atoms with Gasteiger partial charge in [-0.2, -0.15) is 0 Å². The predicted molar refractivity (Wildman–Crippen MR) is 62.3 cm³/mol. The zero-order chi connectivity index (χ0) is 11.7. The van der Waals surface area contributed by atoms with Gasteiger partial charge in [-0.15, -0.1) is 11.3 Å². The summed E-state index contributed by atoms with van der Waals surface area (Å²) >= 11 is 7.00. The van der Waals surface area contributed by atoms with Gasteiger partial charge in [-0.1, -0.05) is 11.6 Å². The van der Waals surface area contributed by atoms with Crippen molar-refractivity contribution < 1.29 is 0 Å². The fourth-order valence-electron chi connectivity index (χ4n) is 1.28. The van der Waals surface area contributed by atoms with E-state index in [4.69, 9.17) is 11.6 Å². The van der Waals surface area contributed by atoms with Gasteiger partial charge in [0.25, 0.3) is 5.56 Å². The molecule has 16 heavy (non-hydrogen) atoms. The van der Waals surface area contributed by atoms with E-state index in [1.54, 1.807) is 6.20 Å². The van der Waals surface area contributed by atoms with E-state index in [0.29, 0.717) is 0 Å². The zero-order valence-electron chi connectivity index (χ0n) is 8.36. The van der Waals surface area contributed by atoms with Crippen LogP contribution in [0.15, 0.2) is 21.9 Å². The minimum Gasteiger partial charge on any atom is -0.298 e. The van der Waals surface area contributed by atoms with Gasteiger partial charge in [0.2, 0.25) is 0 Å². The second-order valence-corrected chi connectivity index (χ2v) is 4.92. The van der Waals surface area contributed by atoms with Gasteiger partial charge in [0, 0.05) is 17.1 Å². The molecule has 0 amide bonds. The summed E-state index contributed by atoms with van der Waals surface area (Å²) < 4.78 is 1.08. The van der Waals surface area contributed by atoms with E-state index in [1.807, 2.05) is 6.92 Å². The average Bonchev–Trinajstić information content (AvgIpc) is 2.58. The molecule has 0 unspecified atom stereocenters. The van der Waals surface area contributed by atoms with Crippen molar-refractivity contribution in [1.82, 2.24) is 14.5 Å². The topological polar surface area (TPSA) is 67.8 Å². The molecule has 2 heterocycles. The highest BCUT2D eigenvalue weighted by atomic mass is 35.5. The van der Waals surface area contributed by atoms with E-state index in [9.17, 15) is 9.59 Å². The van der Waals surface area contributed by atoms with E-state index in [1.165, 1.54) is 17.4 Å². The molecule has 5 nitrogen and oxygen atoms in total. The molecule has 0 aliphatic heterocycles. The van der Waals surface area contributed by atoms with Crippen LogP contribution in [0.5, 0.6) is 0 Å². The maximum Gasteiger partial charge on any atom is 0.329 e. The van der Waals surface area contributed by atoms with E-state index in [2.05, 4.69) is 9.97 Å². The van der Waals surface area contributed by atoms with Crippen LogP contribution in [0.1, 0.15) is 9.88 Å². The Morgan fingerprint density at radius 3 is 2.88 bits per heavy atom. The third-order valence-corrected chi connectivity index (χ3v) is 3.07. The number of hydrogen-bond acceptors (Lipinski definition) is 4. The highest BCUT2D eigenvalue weighted by molar-refractivity contribution is 7.11. The van der Waals surface area contributed by atoms with Crippen molar-refractivity contribution in [2.75, 3.05) is 0 Å². The number of thiazole rings is 1. The summed E-state index contributed by atoms with van der Waals surface area (Å²) in [6.07, 6.45) is 1.65. The molecule has 0 aliphatic rings. The summed E-state index contributed by atoms with van der Waals surface area (Å²) in [5, 5.41) is 0.945. The van der Waals surface area contributed by atoms with Gasteiger partial charge in [0.05, 0.1) is 11.6 Å². The summed E-state index contributed by atoms with van der Waals surface area (Å²) in [7, 11) is 0. The van der Waals surface area contributed by atoms with Crippen molar-refractivity contribution in [3.8, 4) is 0 Å². The van der Waals surface area contributed by atoms with E-state index < -0.39 is 11.2 Å². The molecule has 84 valence electrons. The molecule has 0 bridgehead atoms. The SMILES string of the molecule is Cc1ncc(Cn2c(=O)cc(Cl)[nH]c2=O)s1. The van der Waals surface area contributed by atoms with E-state index in [0.717, 1.165) is 14.5 Å². The molecule has 0 saturated heterocycles. The van der Waals surface area contributed by atoms with Gasteiger partial charge in [-0.05, 0) is 6.92 Å². The molecular weight excluding hydrogens is 250 g/mol. The van der Waals surface area contributed by atoms with Gasteiger partial charge in [0.1, 0.15) is 5.15 Å². The lowest BCUT2D eigenvalue weighted by Crippen LogP contribution is -2.34. The van der Waals surface area contributed by atoms with E-state index >= 15 is 0 Å². The number of hydrogen-bond donors (Lipinski definition) is 1. The Balaban J connectivity index is 2.43. The lowest BCUT2D eigenvalue weighted by molar-refractivity contribution is 0.706. The lowest BCUT2D eigenvalue weighted by atomic mass is 10.5. The van der Waals surface area contributed by atoms with Gasteiger partial charge in [0.15, 0.2) is 0 Å². The number of aryl methyl sites for hydroxylation is 1. The Kier molecular flexibility index (Phi) is 2.93. The Morgan fingerprint density at radius 2 is 2.31 bits per heavy atom. The highest BCUT2D eigenvalue weighted by Crippen LogP contribution is 2.11. The molecule has 7 heteroatoms. The summed E-state index contributed by atoms with van der Waals surface area (Å²) in [4.78, 5) is 30.3. The van der Waals surface area contributed by atoms with Crippen LogP contribution in [0.4, 0.5) is 0 Å². The molecule has 0 aliphatic carbocycles. The summed E-state index contributed by atoms with van der Waals surface area (Å²) in [6, 6.07) is 1.18. The summed E-state index contributed by atoms with van der Waals surface area (Å²) in [5.41, 5.74) is -0.927. The summed E-state index contributed by atoms with van der Waals surface area (Å²) in [5.74, 6) is 0. The van der Waals surface area contributed by atoms with E-state index in [-0.39, 0.29) is 11.7 Å². The van der Waals surface area contributed by atoms with Crippen LogP contribution < -0.4 is 11.2 Å². The number of aromatic nitrogens is 3. The first-order valence-corrected chi connectivity index (χ1v) is 5.66. The first-order valence-electron chi connectivity index (χ1n) is 4.47. The fourth-order valence-corrected chi connectivity index (χ4v) is 2.23. The minimum absolute atomic E-state index is 0.0479. The predicted octanol–water partition coefficient (Wildman–Crippen LogP) is 1.00. The number of H-pyrrole nitrogens is 1. The smallest absolute Gasteiger partial charge is 0.298 e. The van der Waals surface area contributed by atoms with Crippen molar-refractivity contribution in [3.05, 3.63) is 48.1 Å². The number of halogens is 1. The number of nitrogens with one attached hydrogen (secondary N) is 1. The van der Waals surface area contributed by atoms with Crippen LogP contribution in [-0.2, 0) is 6.54 Å². The molecule has 0 atom stereocenters. The molecule has 0 aromatic carbocycles. The third kappa shape index (κ3) is 2.23. The van der Waals surface area contributed by atoms with Crippen molar-refractivity contribution in [2.24, 2.45) is 0 Å². The maximum absolute atomic E-state index is 11.5. The lowest BCUT2D eigenvalue weighted by Gasteiger charge is -2.01. The zero-order valence-corrected chi connectivity index (χ0v) is 9.93. The minimum atomic E-state index is -0.511. The maximum atomic E-state index is 11.5. The third-order valence-electron chi connectivity index (χ3n) is 1.97. The number of nitrogens with zero attached hydrogens (tertiary/aromatic N) is 2.